The van der Waals surface area contributed by atoms with Gasteiger partial charge in [0.05, 0.1) is 16.1 Å². The maximum absolute atomic E-state index is 11.6. The predicted octanol–water partition coefficient (Wildman–Crippen LogP) is 3.28. The third-order valence-electron chi connectivity index (χ3n) is 3.73. The Hall–Kier alpha value is -0.900. The highest BCUT2D eigenvalue weighted by Gasteiger charge is 2.42. The van der Waals surface area contributed by atoms with Gasteiger partial charge in [0, 0.05) is 11.8 Å². The normalized spacial score (nSPS) is 29.2. The zero-order valence-corrected chi connectivity index (χ0v) is 11.2. The summed E-state index contributed by atoms with van der Waals surface area (Å²) >= 11 is 1.60. The van der Waals surface area contributed by atoms with Crippen molar-refractivity contribution in [2.75, 3.05) is 0 Å². The molecule has 4 heteroatoms. The van der Waals surface area contributed by atoms with Crippen molar-refractivity contribution >= 4 is 17.3 Å². The summed E-state index contributed by atoms with van der Waals surface area (Å²) in [5, 5.41) is 12.6. The first-order chi connectivity index (χ1) is 8.02. The minimum Gasteiger partial charge on any atom is -0.481 e. The van der Waals surface area contributed by atoms with Crippen molar-refractivity contribution in [1.82, 2.24) is 4.98 Å². The second-order valence-electron chi connectivity index (χ2n) is 5.32. The monoisotopic (exact) mass is 253 g/mol. The summed E-state index contributed by atoms with van der Waals surface area (Å²) in [5.41, 5.74) is 0.377. The van der Waals surface area contributed by atoms with Crippen LogP contribution in [0.1, 0.15) is 43.3 Å². The topological polar surface area (TPSA) is 50.2 Å². The molecule has 1 heterocycles. The number of aryl methyl sites for hydroxylation is 1. The van der Waals surface area contributed by atoms with E-state index in [0.717, 1.165) is 36.4 Å². The molecule has 2 atom stereocenters. The number of thiazole rings is 1. The minimum absolute atomic E-state index is 0.514. The van der Waals surface area contributed by atoms with Gasteiger partial charge in [0.1, 0.15) is 0 Å². The fourth-order valence-corrected chi connectivity index (χ4v) is 3.54. The molecule has 1 fully saturated rings. The summed E-state index contributed by atoms with van der Waals surface area (Å²) < 4.78 is 0. The Morgan fingerprint density at radius 2 is 2.47 bits per heavy atom. The predicted molar refractivity (Wildman–Crippen MR) is 68.3 cm³/mol. The Morgan fingerprint density at radius 1 is 1.71 bits per heavy atom. The lowest BCUT2D eigenvalue weighted by molar-refractivity contribution is -0.152. The number of nitrogens with zero attached hydrogens (tertiary/aromatic N) is 1. The molecule has 1 aliphatic carbocycles. The van der Waals surface area contributed by atoms with Gasteiger partial charge in [0.2, 0.25) is 0 Å². The van der Waals surface area contributed by atoms with Crippen LogP contribution in [-0.2, 0) is 11.2 Å². The van der Waals surface area contributed by atoms with Crippen molar-refractivity contribution < 1.29 is 9.90 Å². The van der Waals surface area contributed by atoms with Gasteiger partial charge < -0.3 is 5.11 Å². The van der Waals surface area contributed by atoms with Crippen LogP contribution in [0.15, 0.2) is 5.38 Å². The molecule has 0 radical (unpaired) electrons. The molecule has 0 aromatic carbocycles. The first-order valence-electron chi connectivity index (χ1n) is 6.16. The van der Waals surface area contributed by atoms with Crippen LogP contribution in [0.2, 0.25) is 0 Å². The van der Waals surface area contributed by atoms with Crippen LogP contribution < -0.4 is 0 Å². The van der Waals surface area contributed by atoms with Crippen molar-refractivity contribution in [3.8, 4) is 0 Å². The van der Waals surface area contributed by atoms with E-state index in [2.05, 4.69) is 11.9 Å². The quantitative estimate of drug-likeness (QED) is 0.899. The Bertz CT molecular complexity index is 415. The SMILES string of the molecule is Cc1nc(CC2(C(=O)O)CCCC(C)C2)cs1. The summed E-state index contributed by atoms with van der Waals surface area (Å²) in [5.74, 6) is -0.130. The van der Waals surface area contributed by atoms with E-state index >= 15 is 0 Å². The van der Waals surface area contributed by atoms with Crippen molar-refractivity contribution in [2.24, 2.45) is 11.3 Å². The average Bonchev–Trinajstić information content (AvgIpc) is 2.63. The second-order valence-corrected chi connectivity index (χ2v) is 6.38. The highest BCUT2D eigenvalue weighted by Crippen LogP contribution is 2.42. The largest absolute Gasteiger partial charge is 0.481 e. The fraction of sp³-hybridized carbons (Fsp3) is 0.692. The minimum atomic E-state index is -0.644. The van der Waals surface area contributed by atoms with Crippen molar-refractivity contribution in [3.63, 3.8) is 0 Å². The smallest absolute Gasteiger partial charge is 0.310 e. The third kappa shape index (κ3) is 2.68. The Morgan fingerprint density at radius 3 is 3.00 bits per heavy atom. The van der Waals surface area contributed by atoms with Gasteiger partial charge in [-0.1, -0.05) is 19.8 Å². The van der Waals surface area contributed by atoms with Gasteiger partial charge in [-0.15, -0.1) is 11.3 Å². The van der Waals surface area contributed by atoms with Gasteiger partial charge >= 0.3 is 5.97 Å². The second kappa shape index (κ2) is 4.77. The molecule has 0 bridgehead atoms. The van der Waals surface area contributed by atoms with Gasteiger partial charge in [-0.3, -0.25) is 4.79 Å². The zero-order valence-electron chi connectivity index (χ0n) is 10.4. The number of hydrogen-bond acceptors (Lipinski definition) is 3. The number of hydrogen-bond donors (Lipinski definition) is 1. The van der Waals surface area contributed by atoms with E-state index in [4.69, 9.17) is 0 Å². The van der Waals surface area contributed by atoms with Crippen molar-refractivity contribution in [3.05, 3.63) is 16.1 Å². The van der Waals surface area contributed by atoms with Gasteiger partial charge in [0.15, 0.2) is 0 Å². The number of carbonyl (C=O) groups is 1. The standard InChI is InChI=1S/C13H19NO2S/c1-9-4-3-5-13(6-9,12(15)16)7-11-8-17-10(2)14-11/h8-9H,3-7H2,1-2H3,(H,15,16). The molecule has 2 unspecified atom stereocenters. The van der Waals surface area contributed by atoms with Crippen molar-refractivity contribution in [2.45, 2.75) is 46.0 Å². The molecule has 3 nitrogen and oxygen atoms in total. The molecule has 1 aliphatic rings. The molecule has 0 amide bonds. The van der Waals surface area contributed by atoms with Gasteiger partial charge in [-0.2, -0.15) is 0 Å². The number of carboxylic acid groups (broad SMARTS) is 1. The number of aliphatic carboxylic acids is 1. The molecule has 0 spiro atoms. The van der Waals surface area contributed by atoms with Crippen molar-refractivity contribution in [1.29, 1.82) is 0 Å². The molecule has 1 N–H and O–H groups in total. The van der Waals surface area contributed by atoms with Gasteiger partial charge in [0.25, 0.3) is 0 Å². The molecule has 94 valence electrons. The molecule has 1 aromatic heterocycles. The van der Waals surface area contributed by atoms with Crippen LogP contribution in [0, 0.1) is 18.3 Å². The summed E-state index contributed by atoms with van der Waals surface area (Å²) in [6, 6.07) is 0. The average molecular weight is 253 g/mol. The molecular weight excluding hydrogens is 234 g/mol. The molecule has 17 heavy (non-hydrogen) atoms. The summed E-state index contributed by atoms with van der Waals surface area (Å²) in [7, 11) is 0. The molecule has 2 rings (SSSR count). The van der Waals surface area contributed by atoms with Crippen LogP contribution in [0.5, 0.6) is 0 Å². The van der Waals surface area contributed by atoms with Crippen LogP contribution in [0.3, 0.4) is 0 Å². The Balaban J connectivity index is 2.19. The van der Waals surface area contributed by atoms with Gasteiger partial charge in [-0.25, -0.2) is 4.98 Å². The molecular formula is C13H19NO2S. The summed E-state index contributed by atoms with van der Waals surface area (Å²) in [4.78, 5) is 16.0. The summed E-state index contributed by atoms with van der Waals surface area (Å²) in [6.07, 6.45) is 4.36. The summed E-state index contributed by atoms with van der Waals surface area (Å²) in [6.45, 7) is 4.12. The highest BCUT2D eigenvalue weighted by atomic mass is 32.1. The highest BCUT2D eigenvalue weighted by molar-refractivity contribution is 7.09. The van der Waals surface area contributed by atoms with E-state index in [1.807, 2.05) is 12.3 Å². The van der Waals surface area contributed by atoms with E-state index in [0.29, 0.717) is 12.3 Å². The lowest BCUT2D eigenvalue weighted by atomic mass is 9.68. The van der Waals surface area contributed by atoms with E-state index < -0.39 is 11.4 Å². The lowest BCUT2D eigenvalue weighted by Gasteiger charge is -2.36. The van der Waals surface area contributed by atoms with E-state index in [9.17, 15) is 9.90 Å². The maximum Gasteiger partial charge on any atom is 0.310 e. The number of aromatic nitrogens is 1. The maximum atomic E-state index is 11.6. The third-order valence-corrected chi connectivity index (χ3v) is 4.55. The van der Waals surface area contributed by atoms with E-state index in [1.54, 1.807) is 11.3 Å². The Labute approximate surface area is 106 Å². The molecule has 0 aliphatic heterocycles. The van der Waals surface area contributed by atoms with Crippen LogP contribution >= 0.6 is 11.3 Å². The first kappa shape index (κ1) is 12.6. The van der Waals surface area contributed by atoms with E-state index in [-0.39, 0.29) is 0 Å². The van der Waals surface area contributed by atoms with E-state index in [1.165, 1.54) is 0 Å². The fourth-order valence-electron chi connectivity index (χ4n) is 2.93. The number of carboxylic acids is 1. The molecule has 1 saturated carbocycles. The molecule has 0 saturated heterocycles. The molecule has 1 aromatic rings. The Kier molecular flexibility index (Phi) is 3.52. The lowest BCUT2D eigenvalue weighted by Crippen LogP contribution is -2.38. The number of rotatable bonds is 3. The van der Waals surface area contributed by atoms with Gasteiger partial charge in [-0.05, 0) is 25.7 Å². The first-order valence-corrected chi connectivity index (χ1v) is 7.04. The zero-order chi connectivity index (χ0) is 12.5. The van der Waals surface area contributed by atoms with Crippen LogP contribution in [-0.4, -0.2) is 16.1 Å². The van der Waals surface area contributed by atoms with Crippen LogP contribution in [0.25, 0.3) is 0 Å². The van der Waals surface area contributed by atoms with Crippen LogP contribution in [0.4, 0.5) is 0 Å².